The number of benzene rings is 2. The number of nitrogens with zero attached hydrogens (tertiary/aromatic N) is 1. The monoisotopic (exact) mass is 410 g/mol. The first-order valence-electron chi connectivity index (χ1n) is 9.12. The Morgan fingerprint density at radius 3 is 2.66 bits per heavy atom. The third-order valence-corrected chi connectivity index (χ3v) is 4.98. The molecular weight excluding hydrogens is 388 g/mol. The lowest BCUT2D eigenvalue weighted by molar-refractivity contribution is -0.142. The van der Waals surface area contributed by atoms with Gasteiger partial charge in [0.25, 0.3) is 0 Å². The fourth-order valence-electron chi connectivity index (χ4n) is 2.66. The third-order valence-electron chi connectivity index (χ3n) is 4.08. The summed E-state index contributed by atoms with van der Waals surface area (Å²) in [7, 11) is 0. The van der Waals surface area contributed by atoms with Gasteiger partial charge in [-0.15, -0.1) is 11.8 Å². The van der Waals surface area contributed by atoms with E-state index in [1.807, 2.05) is 62.4 Å². The van der Waals surface area contributed by atoms with Gasteiger partial charge in [-0.2, -0.15) is 0 Å². The van der Waals surface area contributed by atoms with Crippen molar-refractivity contribution in [3.8, 4) is 11.3 Å². The van der Waals surface area contributed by atoms with E-state index in [-0.39, 0.29) is 24.0 Å². The molecule has 0 aliphatic heterocycles. The molecule has 0 spiro atoms. The summed E-state index contributed by atoms with van der Waals surface area (Å²) in [6.07, 6.45) is 1.60. The number of ether oxygens (including phenoxy) is 1. The van der Waals surface area contributed by atoms with Crippen LogP contribution >= 0.6 is 11.8 Å². The van der Waals surface area contributed by atoms with Gasteiger partial charge in [0.15, 0.2) is 12.4 Å². The molecule has 7 heteroatoms. The number of aromatic nitrogens is 1. The van der Waals surface area contributed by atoms with E-state index in [0.29, 0.717) is 11.7 Å². The summed E-state index contributed by atoms with van der Waals surface area (Å²) >= 11 is 1.20. The average Bonchev–Trinajstić information content (AvgIpc) is 3.18. The quantitative estimate of drug-likeness (QED) is 0.555. The summed E-state index contributed by atoms with van der Waals surface area (Å²) in [5.74, 6) is 0.610. The number of aryl methyl sites for hydroxylation is 2. The summed E-state index contributed by atoms with van der Waals surface area (Å²) in [5, 5.41) is 2.85. The van der Waals surface area contributed by atoms with Gasteiger partial charge in [0.2, 0.25) is 11.8 Å². The van der Waals surface area contributed by atoms with Gasteiger partial charge in [0.1, 0.15) is 0 Å². The first-order valence-corrected chi connectivity index (χ1v) is 10.3. The summed E-state index contributed by atoms with van der Waals surface area (Å²) in [6.45, 7) is 3.90. The Kier molecular flexibility index (Phi) is 7.08. The Balaban J connectivity index is 1.38. The number of anilines is 1. The third kappa shape index (κ3) is 6.22. The second kappa shape index (κ2) is 9.93. The molecular formula is C22H22N2O4S. The highest BCUT2D eigenvalue weighted by molar-refractivity contribution is 8.00. The van der Waals surface area contributed by atoms with Crippen LogP contribution < -0.4 is 5.32 Å². The number of carbonyl (C=O) groups excluding carboxylic acids is 2. The van der Waals surface area contributed by atoms with Crippen molar-refractivity contribution in [2.75, 3.05) is 16.8 Å². The predicted octanol–water partition coefficient (Wildman–Crippen LogP) is 4.37. The lowest BCUT2D eigenvalue weighted by Crippen LogP contribution is -2.17. The van der Waals surface area contributed by atoms with Crippen molar-refractivity contribution in [1.82, 2.24) is 4.98 Å². The van der Waals surface area contributed by atoms with Gasteiger partial charge in [0, 0.05) is 11.3 Å². The minimum atomic E-state index is -0.422. The number of oxazole rings is 1. The van der Waals surface area contributed by atoms with Crippen LogP contribution in [0.25, 0.3) is 11.3 Å². The highest BCUT2D eigenvalue weighted by Gasteiger charge is 2.11. The van der Waals surface area contributed by atoms with Crippen molar-refractivity contribution in [2.45, 2.75) is 20.5 Å². The van der Waals surface area contributed by atoms with E-state index in [1.54, 1.807) is 6.20 Å². The van der Waals surface area contributed by atoms with Crippen LogP contribution in [0.4, 0.5) is 5.69 Å². The van der Waals surface area contributed by atoms with Crippen LogP contribution in [-0.4, -0.2) is 28.4 Å². The fourth-order valence-corrected chi connectivity index (χ4v) is 3.27. The fraction of sp³-hybridized carbons (Fsp3) is 0.227. The number of nitrogens with one attached hydrogen (secondary N) is 1. The zero-order valence-corrected chi connectivity index (χ0v) is 17.1. The van der Waals surface area contributed by atoms with Crippen LogP contribution in [-0.2, 0) is 20.9 Å². The number of rotatable bonds is 8. The molecule has 1 aromatic heterocycles. The van der Waals surface area contributed by atoms with Crippen molar-refractivity contribution in [3.63, 3.8) is 0 Å². The van der Waals surface area contributed by atoms with Crippen LogP contribution in [0.2, 0.25) is 0 Å². The summed E-state index contributed by atoms with van der Waals surface area (Å²) < 4.78 is 10.8. The van der Waals surface area contributed by atoms with E-state index < -0.39 is 5.97 Å². The first-order chi connectivity index (χ1) is 14.0. The normalized spacial score (nSPS) is 10.6. The number of amides is 1. The molecule has 0 saturated heterocycles. The molecule has 0 fully saturated rings. The molecule has 0 unspecified atom stereocenters. The maximum Gasteiger partial charge on any atom is 0.316 e. The van der Waals surface area contributed by atoms with Gasteiger partial charge in [-0.25, -0.2) is 4.98 Å². The van der Waals surface area contributed by atoms with Crippen molar-refractivity contribution < 1.29 is 18.7 Å². The van der Waals surface area contributed by atoms with E-state index in [0.717, 1.165) is 22.4 Å². The minimum Gasteiger partial charge on any atom is -0.455 e. The molecule has 6 nitrogen and oxygen atoms in total. The number of esters is 1. The molecule has 1 amide bonds. The molecule has 0 aliphatic carbocycles. The summed E-state index contributed by atoms with van der Waals surface area (Å²) in [4.78, 5) is 28.0. The lowest BCUT2D eigenvalue weighted by atomic mass is 10.1. The molecule has 3 rings (SSSR count). The van der Waals surface area contributed by atoms with Gasteiger partial charge in [0.05, 0.1) is 17.7 Å². The molecule has 0 saturated carbocycles. The lowest BCUT2D eigenvalue weighted by Gasteiger charge is -2.09. The second-order valence-corrected chi connectivity index (χ2v) is 7.49. The van der Waals surface area contributed by atoms with Gasteiger partial charge < -0.3 is 14.5 Å². The summed E-state index contributed by atoms with van der Waals surface area (Å²) in [5.41, 5.74) is 3.83. The minimum absolute atomic E-state index is 0.0407. The van der Waals surface area contributed by atoms with Crippen molar-refractivity contribution in [3.05, 3.63) is 71.7 Å². The molecule has 0 aliphatic rings. The molecule has 29 heavy (non-hydrogen) atoms. The van der Waals surface area contributed by atoms with E-state index in [9.17, 15) is 9.59 Å². The van der Waals surface area contributed by atoms with Crippen LogP contribution in [0.5, 0.6) is 0 Å². The Bertz CT molecular complexity index is 985. The van der Waals surface area contributed by atoms with Gasteiger partial charge in [-0.05, 0) is 25.5 Å². The van der Waals surface area contributed by atoms with Gasteiger partial charge >= 0.3 is 5.97 Å². The highest BCUT2D eigenvalue weighted by Crippen LogP contribution is 2.20. The maximum absolute atomic E-state index is 12.0. The maximum atomic E-state index is 12.0. The van der Waals surface area contributed by atoms with E-state index in [2.05, 4.69) is 10.3 Å². The van der Waals surface area contributed by atoms with Gasteiger partial charge in [-0.1, -0.05) is 48.0 Å². The Morgan fingerprint density at radius 1 is 1.10 bits per heavy atom. The molecule has 3 aromatic rings. The highest BCUT2D eigenvalue weighted by atomic mass is 32.2. The van der Waals surface area contributed by atoms with Crippen LogP contribution in [0.15, 0.2) is 59.1 Å². The Hall–Kier alpha value is -3.06. The topological polar surface area (TPSA) is 81.4 Å². The molecule has 0 bridgehead atoms. The van der Waals surface area contributed by atoms with E-state index >= 15 is 0 Å². The zero-order chi connectivity index (χ0) is 20.6. The molecule has 0 atom stereocenters. The van der Waals surface area contributed by atoms with E-state index in [4.69, 9.17) is 9.15 Å². The first kappa shape index (κ1) is 20.7. The molecule has 2 aromatic carbocycles. The number of hydrogen-bond acceptors (Lipinski definition) is 6. The van der Waals surface area contributed by atoms with Crippen molar-refractivity contribution in [1.29, 1.82) is 0 Å². The zero-order valence-electron chi connectivity index (χ0n) is 16.3. The molecule has 150 valence electrons. The van der Waals surface area contributed by atoms with Crippen LogP contribution in [0.1, 0.15) is 17.0 Å². The van der Waals surface area contributed by atoms with Crippen LogP contribution in [0.3, 0.4) is 0 Å². The number of carbonyl (C=O) groups is 2. The number of thioether (sulfide) groups is 1. The Labute approximate surface area is 173 Å². The standard InChI is InChI=1S/C22H22N2O4S/c1-15-8-9-18(16(2)10-15)24-20(25)13-29-14-22(26)27-12-21-23-11-19(28-21)17-6-4-3-5-7-17/h3-11H,12-14H2,1-2H3,(H,24,25). The van der Waals surface area contributed by atoms with Crippen molar-refractivity contribution >= 4 is 29.3 Å². The van der Waals surface area contributed by atoms with Gasteiger partial charge in [-0.3, -0.25) is 9.59 Å². The average molecular weight is 410 g/mol. The van der Waals surface area contributed by atoms with Crippen molar-refractivity contribution in [2.24, 2.45) is 0 Å². The summed E-state index contributed by atoms with van der Waals surface area (Å²) in [6, 6.07) is 15.4. The Morgan fingerprint density at radius 2 is 1.90 bits per heavy atom. The second-order valence-electron chi connectivity index (χ2n) is 6.50. The largest absolute Gasteiger partial charge is 0.455 e. The number of hydrogen-bond donors (Lipinski definition) is 1. The van der Waals surface area contributed by atoms with E-state index in [1.165, 1.54) is 11.8 Å². The smallest absolute Gasteiger partial charge is 0.316 e. The molecule has 1 N–H and O–H groups in total. The molecule has 0 radical (unpaired) electrons. The SMILES string of the molecule is Cc1ccc(NC(=O)CSCC(=O)OCc2ncc(-c3ccccc3)o2)c(C)c1. The van der Waals surface area contributed by atoms with Crippen LogP contribution in [0, 0.1) is 13.8 Å². The molecule has 1 heterocycles. The predicted molar refractivity (Wildman–Crippen MR) is 114 cm³/mol.